The molecule has 6 heteroatoms. The summed E-state index contributed by atoms with van der Waals surface area (Å²) in [6.07, 6.45) is 4.83. The van der Waals surface area contributed by atoms with Crippen LogP contribution in [0.15, 0.2) is 48.7 Å². The lowest BCUT2D eigenvalue weighted by Gasteiger charge is -2.25. The Kier molecular flexibility index (Phi) is 4.11. The minimum atomic E-state index is -0.432. The Morgan fingerprint density at radius 1 is 1.12 bits per heavy atom. The Morgan fingerprint density at radius 2 is 1.92 bits per heavy atom. The Morgan fingerprint density at radius 3 is 2.64 bits per heavy atom. The standard InChI is InChI=1S/C19H16FN3O2/c20-14-7-4-12(5-8-14)18-11-21-17-10-13(6-9-16(17)22-18)19(24)25-23-15-2-1-3-15/h4-11,15,23H,1-3H2. The number of fused-ring (bicyclic) bond motifs is 1. The van der Waals surface area contributed by atoms with Gasteiger partial charge >= 0.3 is 5.97 Å². The maximum absolute atomic E-state index is 13.0. The van der Waals surface area contributed by atoms with Crippen molar-refractivity contribution in [2.24, 2.45) is 0 Å². The highest BCUT2D eigenvalue weighted by molar-refractivity contribution is 5.93. The zero-order valence-corrected chi connectivity index (χ0v) is 13.4. The van der Waals surface area contributed by atoms with E-state index in [4.69, 9.17) is 4.84 Å². The molecule has 0 unspecified atom stereocenters. The third kappa shape index (κ3) is 3.34. The predicted octanol–water partition coefficient (Wildman–Crippen LogP) is 3.65. The van der Waals surface area contributed by atoms with Gasteiger partial charge in [0.1, 0.15) is 5.82 Å². The van der Waals surface area contributed by atoms with E-state index in [1.165, 1.54) is 12.1 Å². The van der Waals surface area contributed by atoms with E-state index >= 15 is 0 Å². The van der Waals surface area contributed by atoms with Gasteiger partial charge in [-0.15, -0.1) is 5.48 Å². The van der Waals surface area contributed by atoms with Crippen molar-refractivity contribution in [3.8, 4) is 11.3 Å². The van der Waals surface area contributed by atoms with Crippen molar-refractivity contribution in [1.29, 1.82) is 0 Å². The third-order valence-corrected chi connectivity index (χ3v) is 4.34. The van der Waals surface area contributed by atoms with E-state index in [0.29, 0.717) is 22.3 Å². The summed E-state index contributed by atoms with van der Waals surface area (Å²) in [5, 5.41) is 0. The molecule has 1 heterocycles. The summed E-state index contributed by atoms with van der Waals surface area (Å²) in [6.45, 7) is 0. The largest absolute Gasteiger partial charge is 0.366 e. The van der Waals surface area contributed by atoms with Gasteiger partial charge < -0.3 is 4.84 Å². The molecule has 25 heavy (non-hydrogen) atoms. The highest BCUT2D eigenvalue weighted by atomic mass is 19.1. The molecule has 1 saturated carbocycles. The molecule has 0 bridgehead atoms. The van der Waals surface area contributed by atoms with Gasteiger partial charge in [0.25, 0.3) is 0 Å². The monoisotopic (exact) mass is 337 g/mol. The van der Waals surface area contributed by atoms with Gasteiger partial charge in [0.2, 0.25) is 0 Å². The van der Waals surface area contributed by atoms with Crippen LogP contribution in [0.5, 0.6) is 0 Å². The smallest absolute Gasteiger partial charge is 0.356 e. The number of hydrogen-bond donors (Lipinski definition) is 1. The minimum Gasteiger partial charge on any atom is -0.366 e. The van der Waals surface area contributed by atoms with Crippen molar-refractivity contribution in [3.63, 3.8) is 0 Å². The zero-order valence-electron chi connectivity index (χ0n) is 13.4. The van der Waals surface area contributed by atoms with Crippen molar-refractivity contribution >= 4 is 17.0 Å². The molecule has 0 radical (unpaired) electrons. The quantitative estimate of drug-likeness (QED) is 0.736. The molecule has 1 N–H and O–H groups in total. The molecule has 4 rings (SSSR count). The fourth-order valence-electron chi connectivity index (χ4n) is 2.62. The number of carbonyl (C=O) groups is 1. The minimum absolute atomic E-state index is 0.266. The first kappa shape index (κ1) is 15.7. The SMILES string of the molecule is O=C(ONC1CCC1)c1ccc2nc(-c3ccc(F)cc3)cnc2c1. The van der Waals surface area contributed by atoms with Crippen molar-refractivity contribution < 1.29 is 14.0 Å². The van der Waals surface area contributed by atoms with Crippen LogP contribution in [0.25, 0.3) is 22.3 Å². The van der Waals surface area contributed by atoms with Crippen LogP contribution >= 0.6 is 0 Å². The number of aromatic nitrogens is 2. The van der Waals surface area contributed by atoms with E-state index in [0.717, 1.165) is 24.8 Å². The summed E-state index contributed by atoms with van der Waals surface area (Å²) in [7, 11) is 0. The zero-order chi connectivity index (χ0) is 17.2. The number of hydrogen-bond acceptors (Lipinski definition) is 5. The predicted molar refractivity (Wildman–Crippen MR) is 91.1 cm³/mol. The molecule has 1 fully saturated rings. The van der Waals surface area contributed by atoms with Crippen LogP contribution < -0.4 is 5.48 Å². The number of carbonyl (C=O) groups excluding carboxylic acids is 1. The van der Waals surface area contributed by atoms with Gasteiger partial charge in [-0.25, -0.2) is 14.2 Å². The van der Waals surface area contributed by atoms with E-state index in [1.54, 1.807) is 36.5 Å². The van der Waals surface area contributed by atoms with E-state index in [-0.39, 0.29) is 11.9 Å². The molecular formula is C19H16FN3O2. The van der Waals surface area contributed by atoms with Crippen LogP contribution in [-0.4, -0.2) is 22.0 Å². The summed E-state index contributed by atoms with van der Waals surface area (Å²) in [4.78, 5) is 26.1. The first-order chi connectivity index (χ1) is 12.2. The maximum atomic E-state index is 13.0. The molecule has 2 aromatic carbocycles. The maximum Gasteiger partial charge on any atom is 0.356 e. The molecule has 5 nitrogen and oxygen atoms in total. The average Bonchev–Trinajstić information content (AvgIpc) is 2.60. The average molecular weight is 337 g/mol. The fraction of sp³-hybridized carbons (Fsp3) is 0.211. The fourth-order valence-corrected chi connectivity index (χ4v) is 2.62. The number of benzene rings is 2. The number of nitrogens with one attached hydrogen (secondary N) is 1. The first-order valence-electron chi connectivity index (χ1n) is 8.18. The van der Waals surface area contributed by atoms with Gasteiger partial charge in [-0.05, 0) is 55.3 Å². The first-order valence-corrected chi connectivity index (χ1v) is 8.18. The summed E-state index contributed by atoms with van der Waals surface area (Å²) in [6, 6.07) is 11.4. The van der Waals surface area contributed by atoms with Crippen LogP contribution in [0.2, 0.25) is 0 Å². The van der Waals surface area contributed by atoms with Crippen LogP contribution in [-0.2, 0) is 4.84 Å². The molecule has 0 atom stereocenters. The van der Waals surface area contributed by atoms with E-state index in [1.807, 2.05) is 0 Å². The summed E-state index contributed by atoms with van der Waals surface area (Å²) in [5.41, 5.74) is 5.89. The van der Waals surface area contributed by atoms with Crippen molar-refractivity contribution in [1.82, 2.24) is 15.4 Å². The molecule has 1 aromatic heterocycles. The van der Waals surface area contributed by atoms with Gasteiger partial charge in [-0.3, -0.25) is 4.98 Å². The second-order valence-electron chi connectivity index (χ2n) is 6.10. The Labute approximate surface area is 143 Å². The number of hydroxylamine groups is 1. The van der Waals surface area contributed by atoms with Crippen molar-refractivity contribution in [2.75, 3.05) is 0 Å². The topological polar surface area (TPSA) is 64.1 Å². The second kappa shape index (κ2) is 6.57. The molecule has 3 aromatic rings. The van der Waals surface area contributed by atoms with Crippen LogP contribution in [0.3, 0.4) is 0 Å². The molecular weight excluding hydrogens is 321 g/mol. The number of rotatable bonds is 4. The molecule has 0 aliphatic heterocycles. The normalized spacial score (nSPS) is 14.3. The Balaban J connectivity index is 1.55. The lowest BCUT2D eigenvalue weighted by molar-refractivity contribution is 0.00593. The van der Waals surface area contributed by atoms with Gasteiger partial charge in [0.05, 0.1) is 28.5 Å². The van der Waals surface area contributed by atoms with Gasteiger partial charge in [-0.1, -0.05) is 6.42 Å². The van der Waals surface area contributed by atoms with E-state index in [2.05, 4.69) is 15.4 Å². The Bertz CT molecular complexity index is 924. The lowest BCUT2D eigenvalue weighted by Crippen LogP contribution is -2.36. The van der Waals surface area contributed by atoms with E-state index < -0.39 is 5.97 Å². The summed E-state index contributed by atoms with van der Waals surface area (Å²) in [5.74, 6) is -0.727. The second-order valence-corrected chi connectivity index (χ2v) is 6.10. The van der Waals surface area contributed by atoms with Gasteiger partial charge in [-0.2, -0.15) is 0 Å². The molecule has 0 amide bonds. The molecule has 1 aliphatic rings. The van der Waals surface area contributed by atoms with Crippen LogP contribution in [0.4, 0.5) is 4.39 Å². The van der Waals surface area contributed by atoms with Gasteiger partial charge in [0.15, 0.2) is 0 Å². The highest BCUT2D eigenvalue weighted by Crippen LogP contribution is 2.21. The molecule has 0 saturated heterocycles. The highest BCUT2D eigenvalue weighted by Gasteiger charge is 2.19. The van der Waals surface area contributed by atoms with E-state index in [9.17, 15) is 9.18 Å². The van der Waals surface area contributed by atoms with Crippen LogP contribution in [0, 0.1) is 5.82 Å². The van der Waals surface area contributed by atoms with Crippen molar-refractivity contribution in [2.45, 2.75) is 25.3 Å². The van der Waals surface area contributed by atoms with Gasteiger partial charge in [0, 0.05) is 11.6 Å². The number of nitrogens with zero attached hydrogens (tertiary/aromatic N) is 2. The molecule has 126 valence electrons. The Hall–Kier alpha value is -2.86. The summed E-state index contributed by atoms with van der Waals surface area (Å²) < 4.78 is 13.0. The van der Waals surface area contributed by atoms with Crippen molar-refractivity contribution in [3.05, 3.63) is 60.0 Å². The van der Waals surface area contributed by atoms with Crippen LogP contribution in [0.1, 0.15) is 29.6 Å². The molecule has 0 spiro atoms. The lowest BCUT2D eigenvalue weighted by atomic mass is 9.94. The summed E-state index contributed by atoms with van der Waals surface area (Å²) >= 11 is 0. The molecule has 1 aliphatic carbocycles. The number of halogens is 1. The third-order valence-electron chi connectivity index (χ3n) is 4.34.